The molecule has 1 saturated heterocycles. The lowest BCUT2D eigenvalue weighted by Crippen LogP contribution is -2.39. The number of anilines is 4. The van der Waals surface area contributed by atoms with Crippen molar-refractivity contribution in [1.29, 1.82) is 0 Å². The van der Waals surface area contributed by atoms with Crippen molar-refractivity contribution in [1.82, 2.24) is 19.9 Å². The number of pyridine rings is 1. The highest BCUT2D eigenvalue weighted by molar-refractivity contribution is 6.41. The summed E-state index contributed by atoms with van der Waals surface area (Å²) in [7, 11) is 0. The minimum atomic E-state index is -5.77. The van der Waals surface area contributed by atoms with E-state index < -0.39 is 23.9 Å². The Morgan fingerprint density at radius 1 is 0.978 bits per heavy atom. The van der Waals surface area contributed by atoms with E-state index in [1.54, 1.807) is 19.3 Å². The monoisotopic (exact) mass is 658 g/mol. The number of Topliss-reactive ketones (excluding diaryl/α,β-unsaturated/α-hetero) is 2. The van der Waals surface area contributed by atoms with E-state index in [9.17, 15) is 40.7 Å². The fourth-order valence-corrected chi connectivity index (χ4v) is 4.60. The summed E-state index contributed by atoms with van der Waals surface area (Å²) in [5.74, 6) is -4.52. The number of carbonyl (C=O) groups is 3. The normalized spacial score (nSPS) is 16.0. The maximum absolute atomic E-state index is 11.6. The van der Waals surface area contributed by atoms with Crippen molar-refractivity contribution in [2.45, 2.75) is 38.5 Å². The second-order valence-corrected chi connectivity index (χ2v) is 10.5. The number of alkyl halides is 6. The van der Waals surface area contributed by atoms with Gasteiger partial charge in [-0.2, -0.15) is 31.3 Å². The molecule has 0 radical (unpaired) electrons. The largest absolute Gasteiger partial charge is 0.493 e. The number of rotatable bonds is 4. The number of nitrogens with one attached hydrogen (secondary N) is 2. The molecule has 6 bridgehead atoms. The van der Waals surface area contributed by atoms with Gasteiger partial charge in [-0.15, -0.1) is 0 Å². The van der Waals surface area contributed by atoms with Crippen molar-refractivity contribution in [3.05, 3.63) is 59.0 Å². The molecule has 2 aliphatic heterocycles. The van der Waals surface area contributed by atoms with Gasteiger partial charge >= 0.3 is 23.9 Å². The fourth-order valence-electron chi connectivity index (χ4n) is 4.47. The zero-order chi connectivity index (χ0) is 32.9. The molecular formula is C28H25ClF6N6O4. The Balaban J connectivity index is 0.000000328. The number of aromatic nitrogens is 3. The number of nitrogens with zero attached hydrogens (tertiary/aromatic N) is 4. The maximum Gasteiger partial charge on any atom is 0.458 e. The van der Waals surface area contributed by atoms with Gasteiger partial charge in [-0.05, 0) is 54.7 Å². The van der Waals surface area contributed by atoms with E-state index in [1.165, 1.54) is 0 Å². The number of carbonyl (C=O) groups excluding carboxylic acids is 3. The average molecular weight is 659 g/mol. The van der Waals surface area contributed by atoms with Crippen LogP contribution in [0.3, 0.4) is 0 Å². The highest BCUT2D eigenvalue weighted by atomic mass is 35.5. The molecule has 1 fully saturated rings. The van der Waals surface area contributed by atoms with Gasteiger partial charge in [0.05, 0.1) is 24.7 Å². The molecule has 2 aromatic heterocycles. The molecule has 1 amide bonds. The van der Waals surface area contributed by atoms with Crippen LogP contribution in [0.5, 0.6) is 5.75 Å². The Morgan fingerprint density at radius 2 is 1.69 bits per heavy atom. The highest BCUT2D eigenvalue weighted by Gasteiger charge is 2.54. The minimum absolute atomic E-state index is 0.128. The second kappa shape index (κ2) is 13.7. The van der Waals surface area contributed by atoms with Crippen molar-refractivity contribution < 1.29 is 45.5 Å². The van der Waals surface area contributed by atoms with Gasteiger partial charge in [0.1, 0.15) is 10.8 Å². The zero-order valence-electron chi connectivity index (χ0n) is 23.4. The van der Waals surface area contributed by atoms with Gasteiger partial charge in [0, 0.05) is 37.8 Å². The summed E-state index contributed by atoms with van der Waals surface area (Å²) in [5.41, 5.74) is 3.88. The first-order valence-electron chi connectivity index (χ1n) is 13.3. The Kier molecular flexibility index (Phi) is 10.2. The van der Waals surface area contributed by atoms with E-state index >= 15 is 0 Å². The molecular weight excluding hydrogens is 634 g/mol. The first-order valence-corrected chi connectivity index (χ1v) is 13.7. The number of hydrogen-bond donors (Lipinski definition) is 2. The van der Waals surface area contributed by atoms with Gasteiger partial charge in [0.2, 0.25) is 11.9 Å². The van der Waals surface area contributed by atoms with E-state index in [4.69, 9.17) is 16.3 Å². The van der Waals surface area contributed by atoms with Crippen molar-refractivity contribution in [3.63, 3.8) is 0 Å². The molecule has 240 valence electrons. The van der Waals surface area contributed by atoms with Gasteiger partial charge in [-0.25, -0.2) is 4.98 Å². The molecule has 3 aromatic rings. The third-order valence-corrected chi connectivity index (χ3v) is 7.00. The Morgan fingerprint density at radius 3 is 2.33 bits per heavy atom. The van der Waals surface area contributed by atoms with E-state index in [2.05, 4.69) is 37.7 Å². The summed E-state index contributed by atoms with van der Waals surface area (Å²) in [6.07, 6.45) is -3.79. The second-order valence-electron chi connectivity index (χ2n) is 10.1. The average Bonchev–Trinajstić information content (AvgIpc) is 3.45. The van der Waals surface area contributed by atoms with Crippen LogP contribution in [0.2, 0.25) is 5.02 Å². The van der Waals surface area contributed by atoms with E-state index in [1.807, 2.05) is 23.2 Å². The molecule has 5 rings (SSSR count). The SMILES string of the molecule is CC(=O)N1CCC(COc2ccc3cc2CCc2cncc(c2)Nc2ncc(Cl)c(n2)N3)C1.O=C(C(=O)C(F)(F)F)C(F)(F)F. The van der Waals surface area contributed by atoms with Crippen LogP contribution in [-0.2, 0) is 27.2 Å². The number of benzene rings is 1. The van der Waals surface area contributed by atoms with Gasteiger partial charge in [-0.1, -0.05) is 11.6 Å². The lowest BCUT2D eigenvalue weighted by molar-refractivity contribution is -0.193. The van der Waals surface area contributed by atoms with Crippen LogP contribution in [0.25, 0.3) is 0 Å². The number of ether oxygens (including phenoxy) is 1. The van der Waals surface area contributed by atoms with Crippen LogP contribution in [0.4, 0.5) is 49.5 Å². The number of amides is 1. The molecule has 1 aromatic carbocycles. The summed E-state index contributed by atoms with van der Waals surface area (Å²) in [4.78, 5) is 45.9. The van der Waals surface area contributed by atoms with Gasteiger partial charge in [0.15, 0.2) is 5.82 Å². The molecule has 17 heteroatoms. The van der Waals surface area contributed by atoms with Crippen molar-refractivity contribution >= 4 is 52.2 Å². The number of likely N-dealkylation sites (tertiary alicyclic amines) is 1. The molecule has 0 saturated carbocycles. The molecule has 0 spiro atoms. The number of halogens is 7. The van der Waals surface area contributed by atoms with Crippen LogP contribution in [0.1, 0.15) is 24.5 Å². The van der Waals surface area contributed by atoms with E-state index in [0.29, 0.717) is 29.3 Å². The number of fused-ring (bicyclic) bond motifs is 6. The summed E-state index contributed by atoms with van der Waals surface area (Å²) in [5, 5.41) is 6.93. The molecule has 45 heavy (non-hydrogen) atoms. The predicted octanol–water partition coefficient (Wildman–Crippen LogP) is 5.61. The highest BCUT2D eigenvalue weighted by Crippen LogP contribution is 2.31. The zero-order valence-corrected chi connectivity index (χ0v) is 24.2. The predicted molar refractivity (Wildman–Crippen MR) is 150 cm³/mol. The molecule has 0 aliphatic carbocycles. The molecule has 2 aliphatic rings. The van der Waals surface area contributed by atoms with Crippen molar-refractivity contribution in [2.75, 3.05) is 30.3 Å². The third-order valence-electron chi connectivity index (χ3n) is 6.73. The van der Waals surface area contributed by atoms with Crippen molar-refractivity contribution in [2.24, 2.45) is 5.92 Å². The molecule has 4 heterocycles. The molecule has 1 unspecified atom stereocenters. The van der Waals surface area contributed by atoms with Gasteiger partial charge < -0.3 is 20.3 Å². The Bertz CT molecular complexity index is 1560. The summed E-state index contributed by atoms with van der Waals surface area (Å²) in [6, 6.07) is 8.07. The topological polar surface area (TPSA) is 126 Å². The lowest BCUT2D eigenvalue weighted by atomic mass is 10.0. The van der Waals surface area contributed by atoms with E-state index in [-0.39, 0.29) is 5.91 Å². The summed E-state index contributed by atoms with van der Waals surface area (Å²) >= 11 is 6.34. The Hall–Kier alpha value is -4.47. The maximum atomic E-state index is 11.6. The molecule has 10 nitrogen and oxygen atoms in total. The standard InChI is InChI=1S/C24H25ClN6O2.C4F6O2/c1-15(32)31-7-6-17(13-31)14-33-22-5-4-19-9-18(22)3-2-16-8-20(11-26-10-16)29-24-27-12-21(25)23(28-19)30-24;5-3(6,7)1(11)2(12)4(8,9)10/h4-5,8-12,17H,2-3,6-7,13-14H2,1H3,(H2,27,28,29,30);. The number of ketones is 2. The molecule has 2 N–H and O–H groups in total. The van der Waals surface area contributed by atoms with E-state index in [0.717, 1.165) is 60.6 Å². The first-order chi connectivity index (χ1) is 21.1. The van der Waals surface area contributed by atoms with Crippen LogP contribution in [0, 0.1) is 5.92 Å². The van der Waals surface area contributed by atoms with Crippen LogP contribution in [-0.4, -0.2) is 69.4 Å². The van der Waals surface area contributed by atoms with Gasteiger partial charge in [0.25, 0.3) is 0 Å². The van der Waals surface area contributed by atoms with Crippen LogP contribution in [0.15, 0.2) is 42.9 Å². The van der Waals surface area contributed by atoms with Crippen molar-refractivity contribution in [3.8, 4) is 5.75 Å². The molecule has 1 atom stereocenters. The number of hydrogen-bond acceptors (Lipinski definition) is 9. The lowest BCUT2D eigenvalue weighted by Gasteiger charge is -2.17. The summed E-state index contributed by atoms with van der Waals surface area (Å²) < 4.78 is 73.2. The van der Waals surface area contributed by atoms with Crippen LogP contribution < -0.4 is 15.4 Å². The Labute approximate surface area is 257 Å². The van der Waals surface area contributed by atoms with Gasteiger partial charge in [-0.3, -0.25) is 19.4 Å². The first kappa shape index (κ1) is 33.4. The smallest absolute Gasteiger partial charge is 0.458 e. The summed E-state index contributed by atoms with van der Waals surface area (Å²) in [6.45, 7) is 3.77. The number of aryl methyl sites for hydroxylation is 2. The fraction of sp³-hybridized carbons (Fsp3) is 0.357. The minimum Gasteiger partial charge on any atom is -0.493 e. The third kappa shape index (κ3) is 9.03. The quantitative estimate of drug-likeness (QED) is 0.272. The van der Waals surface area contributed by atoms with Crippen LogP contribution >= 0.6 is 11.6 Å².